The molecule has 7 heteroatoms. The maximum atomic E-state index is 13.7. The molecule has 0 bridgehead atoms. The Labute approximate surface area is 156 Å². The van der Waals surface area contributed by atoms with Gasteiger partial charge >= 0.3 is 0 Å². The second-order valence-electron chi connectivity index (χ2n) is 6.03. The van der Waals surface area contributed by atoms with Crippen LogP contribution in [-0.4, -0.2) is 27.4 Å². The molecule has 3 rings (SSSR count). The lowest BCUT2D eigenvalue weighted by Crippen LogP contribution is -2.24. The first kappa shape index (κ1) is 18.4. The van der Waals surface area contributed by atoms with E-state index in [1.807, 2.05) is 12.1 Å². The number of hydrogen-bond donors (Lipinski definition) is 2. The standard InChI is InChI=1S/C20H20FN5O/c1-14-11-18(19(27)24-13-15-5-4-9-22-12-15)26-20(25-14)23-10-8-16-6-2-3-7-17(16)21/h2-7,9,11-12H,8,10,13H2,1H3,(H,24,27)(H,23,25,26). The molecule has 0 aliphatic rings. The van der Waals surface area contributed by atoms with Crippen molar-refractivity contribution in [2.75, 3.05) is 11.9 Å². The van der Waals surface area contributed by atoms with Gasteiger partial charge in [0.25, 0.3) is 5.91 Å². The summed E-state index contributed by atoms with van der Waals surface area (Å²) in [5.41, 5.74) is 2.47. The van der Waals surface area contributed by atoms with Crippen LogP contribution in [0.5, 0.6) is 0 Å². The monoisotopic (exact) mass is 365 g/mol. The van der Waals surface area contributed by atoms with Crippen LogP contribution in [0.2, 0.25) is 0 Å². The van der Waals surface area contributed by atoms with E-state index in [0.29, 0.717) is 36.7 Å². The lowest BCUT2D eigenvalue weighted by Gasteiger charge is -2.09. The van der Waals surface area contributed by atoms with Crippen molar-refractivity contribution in [3.63, 3.8) is 0 Å². The number of rotatable bonds is 7. The summed E-state index contributed by atoms with van der Waals surface area (Å²) in [6, 6.07) is 12.0. The van der Waals surface area contributed by atoms with Gasteiger partial charge in [-0.15, -0.1) is 0 Å². The normalized spacial score (nSPS) is 10.4. The van der Waals surface area contributed by atoms with Crippen molar-refractivity contribution in [2.24, 2.45) is 0 Å². The van der Waals surface area contributed by atoms with Crippen molar-refractivity contribution in [2.45, 2.75) is 19.9 Å². The molecule has 0 aliphatic carbocycles. The summed E-state index contributed by atoms with van der Waals surface area (Å²) in [4.78, 5) is 24.9. The van der Waals surface area contributed by atoms with Crippen LogP contribution in [-0.2, 0) is 13.0 Å². The van der Waals surface area contributed by atoms with Gasteiger partial charge in [-0.05, 0) is 42.7 Å². The van der Waals surface area contributed by atoms with Gasteiger partial charge in [-0.3, -0.25) is 9.78 Å². The van der Waals surface area contributed by atoms with E-state index in [4.69, 9.17) is 0 Å². The zero-order valence-electron chi connectivity index (χ0n) is 14.9. The first-order valence-electron chi connectivity index (χ1n) is 8.62. The first-order valence-corrected chi connectivity index (χ1v) is 8.62. The Kier molecular flexibility index (Phi) is 6.04. The fourth-order valence-electron chi connectivity index (χ4n) is 2.55. The number of anilines is 1. The largest absolute Gasteiger partial charge is 0.354 e. The highest BCUT2D eigenvalue weighted by atomic mass is 19.1. The second-order valence-corrected chi connectivity index (χ2v) is 6.03. The zero-order valence-corrected chi connectivity index (χ0v) is 14.9. The minimum atomic E-state index is -0.290. The van der Waals surface area contributed by atoms with Crippen LogP contribution in [0, 0.1) is 12.7 Å². The molecule has 6 nitrogen and oxygen atoms in total. The van der Waals surface area contributed by atoms with Crippen molar-refractivity contribution in [1.82, 2.24) is 20.3 Å². The average molecular weight is 365 g/mol. The van der Waals surface area contributed by atoms with Gasteiger partial charge < -0.3 is 10.6 Å². The number of nitrogens with zero attached hydrogens (tertiary/aromatic N) is 3. The molecule has 0 saturated carbocycles. The SMILES string of the molecule is Cc1cc(C(=O)NCc2cccnc2)nc(NCCc2ccccc2F)n1. The van der Waals surface area contributed by atoms with Gasteiger partial charge in [-0.1, -0.05) is 24.3 Å². The van der Waals surface area contributed by atoms with Crippen LogP contribution in [0.25, 0.3) is 0 Å². The number of nitrogens with one attached hydrogen (secondary N) is 2. The lowest BCUT2D eigenvalue weighted by molar-refractivity contribution is 0.0945. The molecule has 2 aromatic heterocycles. The van der Waals surface area contributed by atoms with Crippen LogP contribution >= 0.6 is 0 Å². The fourth-order valence-corrected chi connectivity index (χ4v) is 2.55. The Balaban J connectivity index is 1.60. The summed E-state index contributed by atoms with van der Waals surface area (Å²) in [5, 5.41) is 5.86. The molecule has 0 radical (unpaired) electrons. The number of carbonyl (C=O) groups excluding carboxylic acids is 1. The van der Waals surface area contributed by atoms with E-state index in [0.717, 1.165) is 5.56 Å². The molecule has 3 aromatic rings. The maximum Gasteiger partial charge on any atom is 0.270 e. The van der Waals surface area contributed by atoms with Gasteiger partial charge in [-0.25, -0.2) is 14.4 Å². The van der Waals surface area contributed by atoms with E-state index in [2.05, 4.69) is 25.6 Å². The molecule has 0 aliphatic heterocycles. The van der Waals surface area contributed by atoms with E-state index in [9.17, 15) is 9.18 Å². The van der Waals surface area contributed by atoms with E-state index in [1.54, 1.807) is 43.6 Å². The number of pyridine rings is 1. The lowest BCUT2D eigenvalue weighted by atomic mass is 10.1. The van der Waals surface area contributed by atoms with Crippen molar-refractivity contribution in [1.29, 1.82) is 0 Å². The number of aromatic nitrogens is 3. The molecule has 0 unspecified atom stereocenters. The minimum absolute atomic E-state index is 0.236. The summed E-state index contributed by atoms with van der Waals surface area (Å²) in [6.45, 7) is 2.62. The molecule has 27 heavy (non-hydrogen) atoms. The molecule has 1 amide bonds. The molecule has 2 N–H and O–H groups in total. The fraction of sp³-hybridized carbons (Fsp3) is 0.200. The molecule has 0 fully saturated rings. The maximum absolute atomic E-state index is 13.7. The predicted octanol–water partition coefficient (Wildman–Crippen LogP) is 2.90. The molecule has 138 valence electrons. The van der Waals surface area contributed by atoms with E-state index in [1.165, 1.54) is 6.07 Å². The molecule has 0 spiro atoms. The van der Waals surface area contributed by atoms with Crippen LogP contribution in [0.1, 0.15) is 27.3 Å². The van der Waals surface area contributed by atoms with E-state index >= 15 is 0 Å². The van der Waals surface area contributed by atoms with Crippen molar-refractivity contribution < 1.29 is 9.18 Å². The number of aryl methyl sites for hydroxylation is 1. The van der Waals surface area contributed by atoms with Gasteiger partial charge in [0.2, 0.25) is 5.95 Å². The van der Waals surface area contributed by atoms with Gasteiger partial charge in [-0.2, -0.15) is 0 Å². The first-order chi connectivity index (χ1) is 13.1. The molecule has 0 saturated heterocycles. The topological polar surface area (TPSA) is 79.8 Å². The Hall–Kier alpha value is -3.35. The Morgan fingerprint density at radius 3 is 2.78 bits per heavy atom. The van der Waals surface area contributed by atoms with Gasteiger partial charge in [0.05, 0.1) is 0 Å². The quantitative estimate of drug-likeness (QED) is 0.673. The molecule has 0 atom stereocenters. The third kappa shape index (κ3) is 5.31. The summed E-state index contributed by atoms with van der Waals surface area (Å²) in [5.74, 6) is -0.181. The van der Waals surface area contributed by atoms with Gasteiger partial charge in [0, 0.05) is 31.2 Å². The molecule has 2 heterocycles. The highest BCUT2D eigenvalue weighted by Gasteiger charge is 2.11. The summed E-state index contributed by atoms with van der Waals surface area (Å²) in [6.07, 6.45) is 3.87. The average Bonchev–Trinajstić information content (AvgIpc) is 2.68. The predicted molar refractivity (Wildman–Crippen MR) is 101 cm³/mol. The van der Waals surface area contributed by atoms with Gasteiger partial charge in [0.15, 0.2) is 0 Å². The smallest absolute Gasteiger partial charge is 0.270 e. The third-order valence-electron chi connectivity index (χ3n) is 3.90. The number of hydrogen-bond acceptors (Lipinski definition) is 5. The molecular weight excluding hydrogens is 345 g/mol. The Morgan fingerprint density at radius 2 is 2.00 bits per heavy atom. The molecule has 1 aromatic carbocycles. The molecular formula is C20H20FN5O. The van der Waals surface area contributed by atoms with E-state index < -0.39 is 0 Å². The van der Waals surface area contributed by atoms with Crippen LogP contribution in [0.3, 0.4) is 0 Å². The van der Waals surface area contributed by atoms with E-state index in [-0.39, 0.29) is 17.4 Å². The number of benzene rings is 1. The second kappa shape index (κ2) is 8.84. The summed E-state index contributed by atoms with van der Waals surface area (Å²) < 4.78 is 13.7. The van der Waals surface area contributed by atoms with Crippen molar-refractivity contribution >= 4 is 11.9 Å². The van der Waals surface area contributed by atoms with Crippen molar-refractivity contribution in [3.8, 4) is 0 Å². The number of carbonyl (C=O) groups is 1. The van der Waals surface area contributed by atoms with Crippen LogP contribution in [0.15, 0.2) is 54.9 Å². The number of halogens is 1. The minimum Gasteiger partial charge on any atom is -0.354 e. The zero-order chi connectivity index (χ0) is 19.1. The van der Waals surface area contributed by atoms with Crippen LogP contribution < -0.4 is 10.6 Å². The van der Waals surface area contributed by atoms with Crippen LogP contribution in [0.4, 0.5) is 10.3 Å². The Bertz CT molecular complexity index is 917. The van der Waals surface area contributed by atoms with Gasteiger partial charge in [0.1, 0.15) is 11.5 Å². The highest BCUT2D eigenvalue weighted by molar-refractivity contribution is 5.92. The Morgan fingerprint density at radius 1 is 1.15 bits per heavy atom. The summed E-state index contributed by atoms with van der Waals surface area (Å²) in [7, 11) is 0. The third-order valence-corrected chi connectivity index (χ3v) is 3.90. The van der Waals surface area contributed by atoms with Crippen molar-refractivity contribution in [3.05, 3.63) is 83.2 Å². The highest BCUT2D eigenvalue weighted by Crippen LogP contribution is 2.09. The number of amides is 1. The summed E-state index contributed by atoms with van der Waals surface area (Å²) >= 11 is 0.